The van der Waals surface area contributed by atoms with E-state index in [2.05, 4.69) is 16.0 Å². The van der Waals surface area contributed by atoms with Crippen LogP contribution < -0.4 is 20.7 Å². The van der Waals surface area contributed by atoms with Gasteiger partial charge in [0.25, 0.3) is 0 Å². The number of nitrogens with zero attached hydrogens (tertiary/aromatic N) is 1. The minimum atomic E-state index is -0.299. The largest absolute Gasteiger partial charge is 0.488 e. The molecule has 0 saturated heterocycles. The Labute approximate surface area is 173 Å². The van der Waals surface area contributed by atoms with Gasteiger partial charge in [0, 0.05) is 36.3 Å². The van der Waals surface area contributed by atoms with Crippen molar-refractivity contribution in [1.29, 1.82) is 0 Å². The van der Waals surface area contributed by atoms with E-state index in [0.29, 0.717) is 30.1 Å². The van der Waals surface area contributed by atoms with Gasteiger partial charge in [-0.25, -0.2) is 4.79 Å². The van der Waals surface area contributed by atoms with Gasteiger partial charge in [0.05, 0.1) is 19.1 Å². The maximum Gasteiger partial charge on any atom is 0.319 e. The van der Waals surface area contributed by atoms with Crippen molar-refractivity contribution in [2.75, 3.05) is 32.1 Å². The first-order valence-electron chi connectivity index (χ1n) is 10.2. The van der Waals surface area contributed by atoms with Crippen molar-refractivity contribution >= 4 is 17.6 Å². The third kappa shape index (κ3) is 6.33. The number of aliphatic hydroxyl groups excluding tert-OH is 1. The first-order valence-corrected chi connectivity index (χ1v) is 10.2. The van der Waals surface area contributed by atoms with Crippen LogP contribution in [0, 0.1) is 5.92 Å². The van der Waals surface area contributed by atoms with Crippen molar-refractivity contribution in [1.82, 2.24) is 15.5 Å². The molecule has 0 aromatic heterocycles. The van der Waals surface area contributed by atoms with Crippen LogP contribution in [0.5, 0.6) is 5.75 Å². The summed E-state index contributed by atoms with van der Waals surface area (Å²) >= 11 is 0. The molecule has 2 rings (SSSR count). The van der Waals surface area contributed by atoms with Crippen molar-refractivity contribution < 1.29 is 19.4 Å². The van der Waals surface area contributed by atoms with Crippen molar-refractivity contribution in [3.63, 3.8) is 0 Å². The molecular formula is C21H34N4O4. The average molecular weight is 407 g/mol. The normalized spacial score (nSPS) is 20.8. The molecule has 29 heavy (non-hydrogen) atoms. The van der Waals surface area contributed by atoms with Crippen LogP contribution in [0.4, 0.5) is 10.5 Å². The number of hydrogen-bond acceptors (Lipinski definition) is 5. The highest BCUT2D eigenvalue weighted by Crippen LogP contribution is 2.28. The van der Waals surface area contributed by atoms with Gasteiger partial charge >= 0.3 is 6.03 Å². The molecule has 0 fully saturated rings. The number of fused-ring (bicyclic) bond motifs is 1. The van der Waals surface area contributed by atoms with Gasteiger partial charge in [0.15, 0.2) is 0 Å². The summed E-state index contributed by atoms with van der Waals surface area (Å²) in [5.74, 6) is 0.636. The molecule has 0 saturated carbocycles. The fourth-order valence-corrected chi connectivity index (χ4v) is 3.38. The van der Waals surface area contributed by atoms with Gasteiger partial charge in [-0.1, -0.05) is 6.92 Å². The minimum absolute atomic E-state index is 0.0186. The smallest absolute Gasteiger partial charge is 0.319 e. The fourth-order valence-electron chi connectivity index (χ4n) is 3.38. The number of carbonyl (C=O) groups is 2. The Morgan fingerprint density at radius 2 is 2.07 bits per heavy atom. The molecule has 8 nitrogen and oxygen atoms in total. The number of aliphatic hydroxyl groups is 1. The Bertz CT molecular complexity index is 710. The summed E-state index contributed by atoms with van der Waals surface area (Å²) in [7, 11) is 1.86. The molecule has 1 aromatic carbocycles. The number of anilines is 1. The van der Waals surface area contributed by atoms with E-state index in [1.54, 1.807) is 23.1 Å². The summed E-state index contributed by atoms with van der Waals surface area (Å²) in [6.07, 6.45) is 0.000997. The number of benzene rings is 1. The number of likely N-dealkylation sites (N-methyl/N-ethyl adjacent to an activating group) is 1. The molecule has 4 N–H and O–H groups in total. The van der Waals surface area contributed by atoms with Crippen molar-refractivity contribution in [2.24, 2.45) is 5.92 Å². The second-order valence-corrected chi connectivity index (χ2v) is 8.02. The van der Waals surface area contributed by atoms with Crippen LogP contribution in [-0.2, 0) is 11.2 Å². The number of hydrogen-bond donors (Lipinski definition) is 4. The average Bonchev–Trinajstić information content (AvgIpc) is 2.69. The summed E-state index contributed by atoms with van der Waals surface area (Å²) in [6.45, 7) is 8.69. The lowest BCUT2D eigenvalue weighted by molar-refractivity contribution is -0.134. The Morgan fingerprint density at radius 1 is 1.34 bits per heavy atom. The third-order valence-electron chi connectivity index (χ3n) is 5.00. The first-order chi connectivity index (χ1) is 13.7. The van der Waals surface area contributed by atoms with Crippen molar-refractivity contribution in [3.05, 3.63) is 23.8 Å². The van der Waals surface area contributed by atoms with Crippen molar-refractivity contribution in [3.8, 4) is 5.75 Å². The van der Waals surface area contributed by atoms with E-state index in [1.807, 2.05) is 34.7 Å². The highest BCUT2D eigenvalue weighted by atomic mass is 16.5. The SMILES string of the molecule is CNC[C@H]1Oc2ccc(NC(=O)NC(C)C)cc2CC(=O)N([C@@H](C)CO)C[C@@H]1C. The fraction of sp³-hybridized carbons (Fsp3) is 0.619. The number of carbonyl (C=O) groups excluding carboxylic acids is 2. The zero-order valence-corrected chi connectivity index (χ0v) is 18.0. The number of nitrogens with one attached hydrogen (secondary N) is 3. The van der Waals surface area contributed by atoms with Crippen LogP contribution in [0.2, 0.25) is 0 Å². The molecule has 1 aliphatic heterocycles. The van der Waals surface area contributed by atoms with Crippen LogP contribution in [0.25, 0.3) is 0 Å². The van der Waals surface area contributed by atoms with Crippen LogP contribution in [0.15, 0.2) is 18.2 Å². The Balaban J connectivity index is 2.35. The van der Waals surface area contributed by atoms with E-state index < -0.39 is 0 Å². The Kier molecular flexibility index (Phi) is 8.28. The monoisotopic (exact) mass is 406 g/mol. The molecule has 3 atom stereocenters. The van der Waals surface area contributed by atoms with E-state index in [9.17, 15) is 14.7 Å². The van der Waals surface area contributed by atoms with Gasteiger partial charge in [-0.15, -0.1) is 0 Å². The van der Waals surface area contributed by atoms with Crippen LogP contribution in [0.3, 0.4) is 0 Å². The zero-order valence-electron chi connectivity index (χ0n) is 18.0. The highest BCUT2D eigenvalue weighted by molar-refractivity contribution is 5.90. The van der Waals surface area contributed by atoms with Crippen LogP contribution in [-0.4, -0.2) is 66.9 Å². The quantitative estimate of drug-likeness (QED) is 0.574. The number of urea groups is 1. The third-order valence-corrected chi connectivity index (χ3v) is 5.00. The minimum Gasteiger partial charge on any atom is -0.488 e. The van der Waals surface area contributed by atoms with Gasteiger partial charge in [0.2, 0.25) is 5.91 Å². The lowest BCUT2D eigenvalue weighted by Gasteiger charge is -2.32. The molecule has 0 unspecified atom stereocenters. The second-order valence-electron chi connectivity index (χ2n) is 8.02. The maximum atomic E-state index is 13.0. The second kappa shape index (κ2) is 10.5. The molecule has 162 valence electrons. The Hall–Kier alpha value is -2.32. The summed E-state index contributed by atoms with van der Waals surface area (Å²) in [5, 5.41) is 18.3. The topological polar surface area (TPSA) is 103 Å². The summed E-state index contributed by atoms with van der Waals surface area (Å²) in [4.78, 5) is 26.8. The van der Waals surface area contributed by atoms with Gasteiger partial charge in [-0.2, -0.15) is 0 Å². The lowest BCUT2D eigenvalue weighted by atomic mass is 10.0. The van der Waals surface area contributed by atoms with E-state index in [-0.39, 0.29) is 49.1 Å². The van der Waals surface area contributed by atoms with Crippen molar-refractivity contribution in [2.45, 2.75) is 52.3 Å². The molecule has 0 spiro atoms. The van der Waals surface area contributed by atoms with E-state index in [1.165, 1.54) is 0 Å². The van der Waals surface area contributed by atoms with E-state index >= 15 is 0 Å². The van der Waals surface area contributed by atoms with E-state index in [4.69, 9.17) is 4.74 Å². The zero-order chi connectivity index (χ0) is 21.6. The van der Waals surface area contributed by atoms with Gasteiger partial charge in [-0.05, 0) is 46.0 Å². The molecule has 1 aromatic rings. The molecule has 0 radical (unpaired) electrons. The molecule has 0 aliphatic carbocycles. The number of rotatable bonds is 6. The first kappa shape index (κ1) is 23.0. The summed E-state index contributed by atoms with van der Waals surface area (Å²) in [6, 6.07) is 4.80. The summed E-state index contributed by atoms with van der Waals surface area (Å²) < 4.78 is 6.27. The standard InChI is InChI=1S/C21H34N4O4/c1-13(2)23-21(28)24-17-6-7-18-16(8-17)9-20(27)25(15(4)12-26)11-14(3)19(29-18)10-22-5/h6-8,13-15,19,22,26H,9-12H2,1-5H3,(H2,23,24,28)/t14-,15-,19+/m0/s1. The molecule has 1 heterocycles. The van der Waals surface area contributed by atoms with Crippen LogP contribution in [0.1, 0.15) is 33.3 Å². The Morgan fingerprint density at radius 3 is 2.69 bits per heavy atom. The molecule has 8 heteroatoms. The number of amides is 3. The van der Waals surface area contributed by atoms with Crippen LogP contribution >= 0.6 is 0 Å². The summed E-state index contributed by atoms with van der Waals surface area (Å²) in [5.41, 5.74) is 1.31. The lowest BCUT2D eigenvalue weighted by Crippen LogP contribution is -2.47. The predicted molar refractivity (Wildman–Crippen MR) is 113 cm³/mol. The van der Waals surface area contributed by atoms with E-state index in [0.717, 1.165) is 0 Å². The predicted octanol–water partition coefficient (Wildman–Crippen LogP) is 1.58. The highest BCUT2D eigenvalue weighted by Gasteiger charge is 2.30. The number of ether oxygens (including phenoxy) is 1. The van der Waals surface area contributed by atoms with Gasteiger partial charge in [-0.3, -0.25) is 4.79 Å². The maximum absolute atomic E-state index is 13.0. The molecular weight excluding hydrogens is 372 g/mol. The molecule has 0 bridgehead atoms. The molecule has 1 aliphatic rings. The van der Waals surface area contributed by atoms with Gasteiger partial charge < -0.3 is 30.7 Å². The van der Waals surface area contributed by atoms with Gasteiger partial charge in [0.1, 0.15) is 11.9 Å². The molecule has 3 amide bonds.